The Labute approximate surface area is 166 Å². The van der Waals surface area contributed by atoms with E-state index in [0.717, 1.165) is 36.3 Å². The molecule has 0 aromatic heterocycles. The van der Waals surface area contributed by atoms with Crippen LogP contribution < -0.4 is 9.80 Å². The van der Waals surface area contributed by atoms with E-state index in [1.165, 1.54) is 16.4 Å². The molecule has 0 radical (unpaired) electrons. The quantitative estimate of drug-likeness (QED) is 0.736. The van der Waals surface area contributed by atoms with Crippen molar-refractivity contribution in [1.29, 1.82) is 0 Å². The summed E-state index contributed by atoms with van der Waals surface area (Å²) in [5.41, 5.74) is 3.04. The number of anilines is 2. The van der Waals surface area contributed by atoms with Crippen LogP contribution in [0.3, 0.4) is 0 Å². The third kappa shape index (κ3) is 3.16. The van der Waals surface area contributed by atoms with E-state index in [2.05, 4.69) is 9.80 Å². The largest absolute Gasteiger partial charge is 0.349 e. The Balaban J connectivity index is 1.73. The van der Waals surface area contributed by atoms with E-state index < -0.39 is 10.0 Å². The lowest BCUT2D eigenvalue weighted by molar-refractivity contribution is 0.445. The van der Waals surface area contributed by atoms with Crippen molar-refractivity contribution in [2.24, 2.45) is 0 Å². The van der Waals surface area contributed by atoms with Crippen LogP contribution in [0, 0.1) is 5.82 Å². The zero-order chi connectivity index (χ0) is 19.9. The Morgan fingerprint density at radius 2 is 1.79 bits per heavy atom. The molecule has 1 atom stereocenters. The molecule has 0 saturated carbocycles. The molecule has 2 aromatic rings. The number of halogens is 1. The van der Waals surface area contributed by atoms with Gasteiger partial charge in [-0.25, -0.2) is 12.8 Å². The second-order valence-corrected chi connectivity index (χ2v) is 9.25. The summed E-state index contributed by atoms with van der Waals surface area (Å²) in [6.45, 7) is 6.20. The third-order valence-corrected chi connectivity index (χ3v) is 7.80. The van der Waals surface area contributed by atoms with E-state index in [0.29, 0.717) is 24.5 Å². The van der Waals surface area contributed by atoms with Crippen molar-refractivity contribution in [3.8, 4) is 0 Å². The first-order valence-electron chi connectivity index (χ1n) is 9.87. The van der Waals surface area contributed by atoms with E-state index in [1.807, 2.05) is 26.0 Å². The fourth-order valence-corrected chi connectivity index (χ4v) is 5.82. The van der Waals surface area contributed by atoms with Gasteiger partial charge in [-0.05, 0) is 48.7 Å². The summed E-state index contributed by atoms with van der Waals surface area (Å²) < 4.78 is 40.8. The van der Waals surface area contributed by atoms with E-state index in [4.69, 9.17) is 0 Å². The van der Waals surface area contributed by atoms with Crippen LogP contribution in [0.4, 0.5) is 15.8 Å². The molecule has 5 nitrogen and oxygen atoms in total. The van der Waals surface area contributed by atoms with Crippen molar-refractivity contribution >= 4 is 21.4 Å². The van der Waals surface area contributed by atoms with Crippen LogP contribution in [0.5, 0.6) is 0 Å². The first kappa shape index (κ1) is 19.2. The van der Waals surface area contributed by atoms with Crippen LogP contribution >= 0.6 is 0 Å². The minimum Gasteiger partial charge on any atom is -0.349 e. The highest BCUT2D eigenvalue weighted by atomic mass is 32.2. The molecule has 1 saturated heterocycles. The molecule has 1 unspecified atom stereocenters. The normalized spacial score (nSPS) is 18.6. The first-order valence-corrected chi connectivity index (χ1v) is 11.3. The molecule has 0 aliphatic carbocycles. The minimum atomic E-state index is -3.51. The molecule has 0 bridgehead atoms. The molecular formula is C21H26FN3O2S. The molecule has 2 heterocycles. The SMILES string of the molecule is CCN(CC)S(=O)(=O)c1ccc2c(c1)N(Cc1ccc(F)cc1)C1CCCN21. The van der Waals surface area contributed by atoms with Crippen molar-refractivity contribution in [2.75, 3.05) is 29.4 Å². The Morgan fingerprint density at radius 1 is 1.07 bits per heavy atom. The van der Waals surface area contributed by atoms with Gasteiger partial charge in [0.1, 0.15) is 12.0 Å². The van der Waals surface area contributed by atoms with Crippen LogP contribution in [-0.2, 0) is 16.6 Å². The van der Waals surface area contributed by atoms with Gasteiger partial charge in [0.2, 0.25) is 10.0 Å². The number of hydrogen-bond donors (Lipinski definition) is 0. The summed E-state index contributed by atoms with van der Waals surface area (Å²) in [7, 11) is -3.51. The zero-order valence-corrected chi connectivity index (χ0v) is 17.1. The maximum Gasteiger partial charge on any atom is 0.243 e. The molecule has 1 fully saturated rings. The number of benzene rings is 2. The molecule has 2 aliphatic heterocycles. The van der Waals surface area contributed by atoms with Crippen LogP contribution in [0.15, 0.2) is 47.4 Å². The Kier molecular flexibility index (Phi) is 5.05. The third-order valence-electron chi connectivity index (χ3n) is 5.76. The molecule has 2 aliphatic rings. The lowest BCUT2D eigenvalue weighted by Crippen LogP contribution is -2.38. The number of sulfonamides is 1. The summed E-state index contributed by atoms with van der Waals surface area (Å²) in [4.78, 5) is 4.95. The molecule has 0 spiro atoms. The smallest absolute Gasteiger partial charge is 0.243 e. The van der Waals surface area contributed by atoms with Crippen molar-refractivity contribution in [3.63, 3.8) is 0 Å². The molecular weight excluding hydrogens is 377 g/mol. The topological polar surface area (TPSA) is 43.9 Å². The molecule has 2 aromatic carbocycles. The minimum absolute atomic E-state index is 0.228. The van der Waals surface area contributed by atoms with Crippen molar-refractivity contribution in [2.45, 2.75) is 44.3 Å². The second kappa shape index (κ2) is 7.37. The van der Waals surface area contributed by atoms with Gasteiger partial charge in [-0.2, -0.15) is 4.31 Å². The molecule has 0 N–H and O–H groups in total. The average Bonchev–Trinajstić information content (AvgIpc) is 3.26. The molecule has 7 heteroatoms. The first-order chi connectivity index (χ1) is 13.5. The maximum absolute atomic E-state index is 13.3. The van der Waals surface area contributed by atoms with Crippen LogP contribution in [0.2, 0.25) is 0 Å². The zero-order valence-electron chi connectivity index (χ0n) is 16.3. The molecule has 150 valence electrons. The van der Waals surface area contributed by atoms with Gasteiger partial charge in [-0.1, -0.05) is 26.0 Å². The fraction of sp³-hybridized carbons (Fsp3) is 0.429. The number of nitrogens with zero attached hydrogens (tertiary/aromatic N) is 3. The summed E-state index contributed by atoms with van der Waals surface area (Å²) in [6.07, 6.45) is 2.38. The van der Waals surface area contributed by atoms with Crippen molar-refractivity contribution in [1.82, 2.24) is 4.31 Å². The second-order valence-electron chi connectivity index (χ2n) is 7.31. The van der Waals surface area contributed by atoms with E-state index in [-0.39, 0.29) is 12.0 Å². The Bertz CT molecular complexity index is 958. The van der Waals surface area contributed by atoms with Gasteiger partial charge in [0, 0.05) is 26.2 Å². The maximum atomic E-state index is 13.3. The lowest BCUT2D eigenvalue weighted by atomic mass is 10.1. The van der Waals surface area contributed by atoms with Gasteiger partial charge in [0.05, 0.1) is 16.3 Å². The number of rotatable bonds is 6. The van der Waals surface area contributed by atoms with Gasteiger partial charge in [0.25, 0.3) is 0 Å². The fourth-order valence-electron chi connectivity index (χ4n) is 4.34. The summed E-state index contributed by atoms with van der Waals surface area (Å²) in [5, 5.41) is 0. The van der Waals surface area contributed by atoms with Gasteiger partial charge >= 0.3 is 0 Å². The van der Waals surface area contributed by atoms with Crippen molar-refractivity contribution < 1.29 is 12.8 Å². The van der Waals surface area contributed by atoms with Gasteiger partial charge < -0.3 is 9.80 Å². The summed E-state index contributed by atoms with van der Waals surface area (Å²) in [5.74, 6) is -0.249. The monoisotopic (exact) mass is 403 g/mol. The van der Waals surface area contributed by atoms with Gasteiger partial charge in [-0.3, -0.25) is 0 Å². The lowest BCUT2D eigenvalue weighted by Gasteiger charge is -2.27. The highest BCUT2D eigenvalue weighted by Gasteiger charge is 2.39. The van der Waals surface area contributed by atoms with Gasteiger partial charge in [0.15, 0.2) is 0 Å². The van der Waals surface area contributed by atoms with Crippen LogP contribution in [-0.4, -0.2) is 38.5 Å². The standard InChI is InChI=1S/C21H26FN3O2S/c1-3-23(4-2)28(26,27)18-11-12-19-20(14-18)25(21-6-5-13-24(19)21)15-16-7-9-17(22)10-8-16/h7-12,14,21H,3-6,13,15H2,1-2H3. The van der Waals surface area contributed by atoms with Gasteiger partial charge in [-0.15, -0.1) is 0 Å². The van der Waals surface area contributed by atoms with Crippen molar-refractivity contribution in [3.05, 3.63) is 53.8 Å². The summed E-state index contributed by atoms with van der Waals surface area (Å²) >= 11 is 0. The summed E-state index contributed by atoms with van der Waals surface area (Å²) in [6, 6.07) is 12.0. The predicted molar refractivity (Wildman–Crippen MR) is 109 cm³/mol. The Hall–Kier alpha value is -2.12. The average molecular weight is 404 g/mol. The van der Waals surface area contributed by atoms with E-state index >= 15 is 0 Å². The molecule has 0 amide bonds. The van der Waals surface area contributed by atoms with E-state index in [1.54, 1.807) is 18.2 Å². The number of hydrogen-bond acceptors (Lipinski definition) is 4. The predicted octanol–water partition coefficient (Wildman–Crippen LogP) is 3.80. The Morgan fingerprint density at radius 3 is 2.46 bits per heavy atom. The molecule has 4 rings (SSSR count). The van der Waals surface area contributed by atoms with Crippen LogP contribution in [0.1, 0.15) is 32.3 Å². The van der Waals surface area contributed by atoms with E-state index in [9.17, 15) is 12.8 Å². The number of fused-ring (bicyclic) bond motifs is 3. The highest BCUT2D eigenvalue weighted by molar-refractivity contribution is 7.89. The van der Waals surface area contributed by atoms with Crippen LogP contribution in [0.25, 0.3) is 0 Å². The highest BCUT2D eigenvalue weighted by Crippen LogP contribution is 2.45. The molecule has 28 heavy (non-hydrogen) atoms.